The summed E-state index contributed by atoms with van der Waals surface area (Å²) in [6.45, 7) is 10.9. The van der Waals surface area contributed by atoms with Gasteiger partial charge in [0.25, 0.3) is 0 Å². The Hall–Kier alpha value is -0.0800. The van der Waals surface area contributed by atoms with Crippen LogP contribution in [0.15, 0.2) is 0 Å². The third kappa shape index (κ3) is 10.5. The number of rotatable bonds is 15. The van der Waals surface area contributed by atoms with Crippen LogP contribution < -0.4 is 0 Å². The van der Waals surface area contributed by atoms with Gasteiger partial charge in [0, 0.05) is 13.2 Å². The summed E-state index contributed by atoms with van der Waals surface area (Å²) in [5, 5.41) is 0. The fourth-order valence-corrected chi connectivity index (χ4v) is 5.72. The Morgan fingerprint density at radius 1 is 0.533 bits per heavy atom. The van der Waals surface area contributed by atoms with Gasteiger partial charge in [-0.05, 0) is 50.4 Å². The van der Waals surface area contributed by atoms with Gasteiger partial charge in [-0.3, -0.25) is 0 Å². The third-order valence-electron chi connectivity index (χ3n) is 8.34. The van der Waals surface area contributed by atoms with E-state index in [1.54, 1.807) is 0 Å². The van der Waals surface area contributed by atoms with Gasteiger partial charge in [0.05, 0.1) is 12.2 Å². The second-order valence-electron chi connectivity index (χ2n) is 10.8. The predicted molar refractivity (Wildman–Crippen MR) is 130 cm³/mol. The summed E-state index contributed by atoms with van der Waals surface area (Å²) in [4.78, 5) is 0. The van der Waals surface area contributed by atoms with E-state index in [0.29, 0.717) is 0 Å². The van der Waals surface area contributed by atoms with Crippen LogP contribution in [-0.2, 0) is 9.47 Å². The molecule has 178 valence electrons. The van der Waals surface area contributed by atoms with Crippen LogP contribution in [0.5, 0.6) is 0 Å². The lowest BCUT2D eigenvalue weighted by atomic mass is 9.79. The van der Waals surface area contributed by atoms with Crippen LogP contribution in [-0.4, -0.2) is 25.4 Å². The molecule has 2 fully saturated rings. The fourth-order valence-electron chi connectivity index (χ4n) is 5.72. The van der Waals surface area contributed by atoms with Crippen molar-refractivity contribution in [3.63, 3.8) is 0 Å². The maximum atomic E-state index is 6.17. The molecular weight excluding hydrogens is 368 g/mol. The highest BCUT2D eigenvalue weighted by Gasteiger charge is 2.23. The SMILES string of the molecule is CCCCC1CCC(CCOC(C)C(C)OCC[C@H]2CC[C@H](CCCC)CC2)CC1. The van der Waals surface area contributed by atoms with Crippen molar-refractivity contribution in [2.24, 2.45) is 23.7 Å². The van der Waals surface area contributed by atoms with Crippen molar-refractivity contribution < 1.29 is 9.47 Å². The molecule has 0 N–H and O–H groups in total. The van der Waals surface area contributed by atoms with Gasteiger partial charge in [-0.1, -0.05) is 104 Å². The highest BCUT2D eigenvalue weighted by molar-refractivity contribution is 4.74. The van der Waals surface area contributed by atoms with Crippen LogP contribution >= 0.6 is 0 Å². The number of hydrogen-bond acceptors (Lipinski definition) is 2. The first kappa shape index (κ1) is 26.2. The second-order valence-corrected chi connectivity index (χ2v) is 10.8. The van der Waals surface area contributed by atoms with E-state index in [1.807, 2.05) is 0 Å². The molecule has 2 aliphatic carbocycles. The van der Waals surface area contributed by atoms with Crippen LogP contribution in [0, 0.1) is 23.7 Å². The smallest absolute Gasteiger partial charge is 0.0805 e. The van der Waals surface area contributed by atoms with E-state index in [9.17, 15) is 0 Å². The fraction of sp³-hybridized carbons (Fsp3) is 1.00. The van der Waals surface area contributed by atoms with Crippen LogP contribution in [0.4, 0.5) is 0 Å². The monoisotopic (exact) mass is 422 g/mol. The van der Waals surface area contributed by atoms with E-state index >= 15 is 0 Å². The zero-order chi connectivity index (χ0) is 21.6. The van der Waals surface area contributed by atoms with Gasteiger partial charge in [-0.15, -0.1) is 0 Å². The third-order valence-corrected chi connectivity index (χ3v) is 8.34. The topological polar surface area (TPSA) is 18.5 Å². The molecule has 2 heteroatoms. The number of ether oxygens (including phenoxy) is 2. The van der Waals surface area contributed by atoms with Gasteiger partial charge in [-0.2, -0.15) is 0 Å². The maximum Gasteiger partial charge on any atom is 0.0805 e. The molecule has 2 nitrogen and oxygen atoms in total. The predicted octanol–water partition coefficient (Wildman–Crippen LogP) is 8.57. The average molecular weight is 423 g/mol. The van der Waals surface area contributed by atoms with Crippen molar-refractivity contribution in [2.75, 3.05) is 13.2 Å². The lowest BCUT2D eigenvalue weighted by Crippen LogP contribution is -2.28. The van der Waals surface area contributed by atoms with Crippen molar-refractivity contribution in [3.8, 4) is 0 Å². The number of hydrogen-bond donors (Lipinski definition) is 0. The Labute approximate surface area is 189 Å². The van der Waals surface area contributed by atoms with Crippen LogP contribution in [0.1, 0.15) is 130 Å². The van der Waals surface area contributed by atoms with E-state index in [1.165, 1.54) is 103 Å². The van der Waals surface area contributed by atoms with Crippen molar-refractivity contribution in [3.05, 3.63) is 0 Å². The van der Waals surface area contributed by atoms with E-state index in [2.05, 4.69) is 27.7 Å². The molecule has 2 rings (SSSR count). The molecule has 2 aliphatic rings. The highest BCUT2D eigenvalue weighted by atomic mass is 16.5. The summed E-state index contributed by atoms with van der Waals surface area (Å²) in [6.07, 6.45) is 23.0. The normalized spacial score (nSPS) is 29.6. The minimum Gasteiger partial charge on any atom is -0.376 e. The molecule has 0 spiro atoms. The molecule has 0 saturated heterocycles. The first-order valence-corrected chi connectivity index (χ1v) is 13.8. The zero-order valence-corrected chi connectivity index (χ0v) is 21.0. The van der Waals surface area contributed by atoms with E-state index in [0.717, 1.165) is 36.9 Å². The van der Waals surface area contributed by atoms with Crippen molar-refractivity contribution >= 4 is 0 Å². The molecule has 2 saturated carbocycles. The molecule has 0 radical (unpaired) electrons. The maximum absolute atomic E-state index is 6.17. The summed E-state index contributed by atoms with van der Waals surface area (Å²) in [5.41, 5.74) is 0. The minimum atomic E-state index is 0.218. The molecule has 2 unspecified atom stereocenters. The quantitative estimate of drug-likeness (QED) is 0.263. The molecule has 0 bridgehead atoms. The van der Waals surface area contributed by atoms with Crippen LogP contribution in [0.3, 0.4) is 0 Å². The Morgan fingerprint density at radius 3 is 1.13 bits per heavy atom. The second kappa shape index (κ2) is 15.7. The first-order chi connectivity index (χ1) is 14.6. The van der Waals surface area contributed by atoms with Gasteiger partial charge < -0.3 is 9.47 Å². The van der Waals surface area contributed by atoms with E-state index in [-0.39, 0.29) is 12.2 Å². The Balaban J connectivity index is 1.47. The molecule has 0 aromatic heterocycles. The summed E-state index contributed by atoms with van der Waals surface area (Å²) in [7, 11) is 0. The summed E-state index contributed by atoms with van der Waals surface area (Å²) >= 11 is 0. The molecular formula is C28H54O2. The molecule has 2 atom stereocenters. The Morgan fingerprint density at radius 2 is 0.833 bits per heavy atom. The summed E-state index contributed by atoms with van der Waals surface area (Å²) in [6, 6.07) is 0. The summed E-state index contributed by atoms with van der Waals surface area (Å²) in [5.74, 6) is 3.83. The number of unbranched alkanes of at least 4 members (excludes halogenated alkanes) is 2. The van der Waals surface area contributed by atoms with Gasteiger partial charge in [0.1, 0.15) is 0 Å². The average Bonchev–Trinajstić information content (AvgIpc) is 2.77. The van der Waals surface area contributed by atoms with E-state index in [4.69, 9.17) is 9.47 Å². The zero-order valence-electron chi connectivity index (χ0n) is 21.0. The Kier molecular flexibility index (Phi) is 13.7. The van der Waals surface area contributed by atoms with Crippen LogP contribution in [0.25, 0.3) is 0 Å². The first-order valence-electron chi connectivity index (χ1n) is 13.8. The molecule has 0 aromatic rings. The largest absolute Gasteiger partial charge is 0.376 e. The van der Waals surface area contributed by atoms with Crippen molar-refractivity contribution in [2.45, 2.75) is 143 Å². The van der Waals surface area contributed by atoms with E-state index < -0.39 is 0 Å². The molecule has 0 aromatic carbocycles. The van der Waals surface area contributed by atoms with Gasteiger partial charge in [0.15, 0.2) is 0 Å². The highest BCUT2D eigenvalue weighted by Crippen LogP contribution is 2.34. The van der Waals surface area contributed by atoms with Gasteiger partial charge in [0.2, 0.25) is 0 Å². The summed E-state index contributed by atoms with van der Waals surface area (Å²) < 4.78 is 12.3. The molecule has 30 heavy (non-hydrogen) atoms. The molecule has 0 amide bonds. The van der Waals surface area contributed by atoms with Crippen LogP contribution in [0.2, 0.25) is 0 Å². The Bertz CT molecular complexity index is 355. The lowest BCUT2D eigenvalue weighted by molar-refractivity contribution is -0.0631. The van der Waals surface area contributed by atoms with Crippen molar-refractivity contribution in [1.82, 2.24) is 0 Å². The molecule has 0 aliphatic heterocycles. The minimum absolute atomic E-state index is 0.218. The molecule has 0 heterocycles. The van der Waals surface area contributed by atoms with Crippen molar-refractivity contribution in [1.29, 1.82) is 0 Å². The lowest BCUT2D eigenvalue weighted by Gasteiger charge is -2.30. The van der Waals surface area contributed by atoms with Gasteiger partial charge >= 0.3 is 0 Å². The standard InChI is InChI=1S/C28H54O2/c1-5-7-9-25-11-15-27(16-12-25)19-21-29-23(3)24(4)30-22-20-28-17-13-26(14-18-28)10-8-6-2/h23-28H,5-22H2,1-4H3/t23?,24?,25-,26?,27-,28?. The van der Waals surface area contributed by atoms with Gasteiger partial charge in [-0.25, -0.2) is 0 Å².